The molecule has 3 rings (SSSR count). The van der Waals surface area contributed by atoms with Gasteiger partial charge < -0.3 is 0 Å². The third-order valence-electron chi connectivity index (χ3n) is 3.20. The molecule has 0 bridgehead atoms. The zero-order valence-electron chi connectivity index (χ0n) is 10.3. The summed E-state index contributed by atoms with van der Waals surface area (Å²) in [5, 5.41) is 3.12. The largest absolute Gasteiger partial charge is 0.260 e. The molecule has 1 aromatic heterocycles. The van der Waals surface area contributed by atoms with Crippen LogP contribution in [0.25, 0.3) is 21.9 Å². The van der Waals surface area contributed by atoms with E-state index in [1.54, 1.807) is 0 Å². The van der Waals surface area contributed by atoms with Crippen LogP contribution in [-0.2, 0) is 0 Å². The minimum absolute atomic E-state index is 0.746. The van der Waals surface area contributed by atoms with Crippen LogP contribution in [0.3, 0.4) is 0 Å². The molecule has 94 valence electrons. The number of benzene rings is 2. The van der Waals surface area contributed by atoms with Gasteiger partial charge in [0.1, 0.15) is 0 Å². The van der Waals surface area contributed by atoms with E-state index in [0.717, 1.165) is 26.3 Å². The third-order valence-corrected chi connectivity index (χ3v) is 3.95. The summed E-state index contributed by atoms with van der Waals surface area (Å²) in [6.45, 7) is 2.03. The molecule has 1 heterocycles. The Bertz CT molecular complexity index is 751. The highest BCUT2D eigenvalue weighted by Gasteiger charge is 2.07. The lowest BCUT2D eigenvalue weighted by atomic mass is 10.00. The Morgan fingerprint density at radius 3 is 2.47 bits per heavy atom. The van der Waals surface area contributed by atoms with Crippen molar-refractivity contribution in [1.29, 1.82) is 0 Å². The van der Waals surface area contributed by atoms with Crippen molar-refractivity contribution in [2.75, 3.05) is 0 Å². The molecule has 0 unspecified atom stereocenters. The maximum absolute atomic E-state index is 5.94. The Labute approximate surface area is 125 Å². The van der Waals surface area contributed by atoms with Crippen molar-refractivity contribution in [1.82, 2.24) is 4.98 Å². The van der Waals surface area contributed by atoms with Gasteiger partial charge in [-0.3, -0.25) is 4.98 Å². The second kappa shape index (κ2) is 4.95. The quantitative estimate of drug-likeness (QED) is 0.563. The standard InChI is InChI=1S/C16H11BrClN/c1-10-15-8-12(17)4-7-14(15)16(9-19-10)11-2-5-13(18)6-3-11/h2-9H,1H3. The fraction of sp³-hybridized carbons (Fsp3) is 0.0625. The van der Waals surface area contributed by atoms with Crippen LogP contribution in [0.2, 0.25) is 5.02 Å². The van der Waals surface area contributed by atoms with Crippen LogP contribution in [-0.4, -0.2) is 4.98 Å². The third kappa shape index (κ3) is 2.38. The molecule has 0 aliphatic carbocycles. The van der Waals surface area contributed by atoms with Crippen LogP contribution in [0.4, 0.5) is 0 Å². The van der Waals surface area contributed by atoms with Gasteiger partial charge in [-0.05, 0) is 42.1 Å². The molecule has 3 heteroatoms. The van der Waals surface area contributed by atoms with Gasteiger partial charge in [0.25, 0.3) is 0 Å². The van der Waals surface area contributed by atoms with Gasteiger partial charge in [0, 0.05) is 32.3 Å². The molecule has 0 atom stereocenters. The van der Waals surface area contributed by atoms with Gasteiger partial charge >= 0.3 is 0 Å². The van der Waals surface area contributed by atoms with Gasteiger partial charge in [-0.25, -0.2) is 0 Å². The van der Waals surface area contributed by atoms with Gasteiger partial charge in [-0.2, -0.15) is 0 Å². The molecule has 0 saturated carbocycles. The number of hydrogen-bond donors (Lipinski definition) is 0. The van der Waals surface area contributed by atoms with Crippen LogP contribution in [0.5, 0.6) is 0 Å². The number of fused-ring (bicyclic) bond motifs is 1. The van der Waals surface area contributed by atoms with Crippen molar-refractivity contribution in [3.8, 4) is 11.1 Å². The van der Waals surface area contributed by atoms with Gasteiger partial charge in [0.15, 0.2) is 0 Å². The minimum Gasteiger partial charge on any atom is -0.260 e. The summed E-state index contributed by atoms with van der Waals surface area (Å²) >= 11 is 9.45. The Morgan fingerprint density at radius 1 is 1.00 bits per heavy atom. The van der Waals surface area contributed by atoms with Crippen LogP contribution in [0.15, 0.2) is 53.1 Å². The van der Waals surface area contributed by atoms with Crippen molar-refractivity contribution in [3.63, 3.8) is 0 Å². The summed E-state index contributed by atoms with van der Waals surface area (Å²) in [5.41, 5.74) is 3.29. The maximum Gasteiger partial charge on any atom is 0.0451 e. The molecule has 0 spiro atoms. The summed E-state index contributed by atoms with van der Waals surface area (Å²) in [6.07, 6.45) is 1.93. The average molecular weight is 333 g/mol. The number of rotatable bonds is 1. The number of nitrogens with zero attached hydrogens (tertiary/aromatic N) is 1. The second-order valence-electron chi connectivity index (χ2n) is 4.45. The number of hydrogen-bond acceptors (Lipinski definition) is 1. The molecular weight excluding hydrogens is 322 g/mol. The molecular formula is C16H11BrClN. The summed E-state index contributed by atoms with van der Waals surface area (Å²) in [5.74, 6) is 0. The molecule has 0 fully saturated rings. The molecule has 0 N–H and O–H groups in total. The predicted octanol–water partition coefficient (Wildman–Crippen LogP) is 5.63. The van der Waals surface area contributed by atoms with Gasteiger partial charge in [-0.15, -0.1) is 0 Å². The first-order chi connectivity index (χ1) is 9.15. The second-order valence-corrected chi connectivity index (χ2v) is 5.81. The van der Waals surface area contributed by atoms with E-state index in [-0.39, 0.29) is 0 Å². The Kier molecular flexibility index (Phi) is 3.29. The Hall–Kier alpha value is -1.38. The summed E-state index contributed by atoms with van der Waals surface area (Å²) in [4.78, 5) is 4.49. The van der Waals surface area contributed by atoms with E-state index in [1.165, 1.54) is 10.8 Å². The number of aromatic nitrogens is 1. The number of aryl methyl sites for hydroxylation is 1. The lowest BCUT2D eigenvalue weighted by Crippen LogP contribution is -1.88. The predicted molar refractivity (Wildman–Crippen MR) is 84.6 cm³/mol. The molecule has 0 amide bonds. The zero-order chi connectivity index (χ0) is 13.4. The highest BCUT2D eigenvalue weighted by Crippen LogP contribution is 2.31. The van der Waals surface area contributed by atoms with E-state index in [0.29, 0.717) is 0 Å². The Balaban J connectivity index is 2.30. The van der Waals surface area contributed by atoms with E-state index in [9.17, 15) is 0 Å². The molecule has 1 nitrogen and oxygen atoms in total. The summed E-state index contributed by atoms with van der Waals surface area (Å²) in [6, 6.07) is 14.1. The SMILES string of the molecule is Cc1ncc(-c2ccc(Cl)cc2)c2ccc(Br)cc12. The molecule has 0 aliphatic heterocycles. The average Bonchev–Trinajstić information content (AvgIpc) is 2.41. The lowest BCUT2D eigenvalue weighted by Gasteiger charge is -2.09. The van der Waals surface area contributed by atoms with Crippen molar-refractivity contribution in [2.24, 2.45) is 0 Å². The summed E-state index contributed by atoms with van der Waals surface area (Å²) in [7, 11) is 0. The first kappa shape index (κ1) is 12.6. The molecule has 2 aromatic carbocycles. The van der Waals surface area contributed by atoms with Gasteiger partial charge in [-0.1, -0.05) is 45.7 Å². The van der Waals surface area contributed by atoms with Crippen molar-refractivity contribution < 1.29 is 0 Å². The topological polar surface area (TPSA) is 12.9 Å². The fourth-order valence-corrected chi connectivity index (χ4v) is 2.70. The Morgan fingerprint density at radius 2 is 1.74 bits per heavy atom. The molecule has 3 aromatic rings. The van der Waals surface area contributed by atoms with Gasteiger partial charge in [0.05, 0.1) is 0 Å². The normalized spacial score (nSPS) is 10.9. The lowest BCUT2D eigenvalue weighted by molar-refractivity contribution is 1.24. The smallest absolute Gasteiger partial charge is 0.0451 e. The molecule has 0 saturated heterocycles. The van der Waals surface area contributed by atoms with E-state index >= 15 is 0 Å². The van der Waals surface area contributed by atoms with Crippen molar-refractivity contribution >= 4 is 38.3 Å². The minimum atomic E-state index is 0.746. The van der Waals surface area contributed by atoms with Crippen LogP contribution >= 0.6 is 27.5 Å². The number of halogens is 2. The van der Waals surface area contributed by atoms with Crippen molar-refractivity contribution in [2.45, 2.75) is 6.92 Å². The first-order valence-corrected chi connectivity index (χ1v) is 7.13. The molecule has 19 heavy (non-hydrogen) atoms. The van der Waals surface area contributed by atoms with Crippen molar-refractivity contribution in [3.05, 3.63) is 63.9 Å². The maximum atomic E-state index is 5.94. The molecule has 0 radical (unpaired) electrons. The van der Waals surface area contributed by atoms with E-state index in [1.807, 2.05) is 37.4 Å². The van der Waals surface area contributed by atoms with E-state index < -0.39 is 0 Å². The van der Waals surface area contributed by atoms with E-state index in [2.05, 4.69) is 39.1 Å². The molecule has 0 aliphatic rings. The first-order valence-electron chi connectivity index (χ1n) is 5.96. The van der Waals surface area contributed by atoms with Crippen LogP contribution in [0, 0.1) is 6.92 Å². The van der Waals surface area contributed by atoms with Crippen LogP contribution < -0.4 is 0 Å². The highest BCUT2D eigenvalue weighted by atomic mass is 79.9. The highest BCUT2D eigenvalue weighted by molar-refractivity contribution is 9.10. The number of pyridine rings is 1. The fourth-order valence-electron chi connectivity index (χ4n) is 2.21. The van der Waals surface area contributed by atoms with Crippen LogP contribution in [0.1, 0.15) is 5.69 Å². The monoisotopic (exact) mass is 331 g/mol. The zero-order valence-corrected chi connectivity index (χ0v) is 12.7. The van der Waals surface area contributed by atoms with E-state index in [4.69, 9.17) is 11.6 Å². The van der Waals surface area contributed by atoms with Gasteiger partial charge in [0.2, 0.25) is 0 Å². The summed E-state index contributed by atoms with van der Waals surface area (Å²) < 4.78 is 1.07.